The van der Waals surface area contributed by atoms with Crippen molar-refractivity contribution in [1.29, 1.82) is 0 Å². The van der Waals surface area contributed by atoms with Crippen molar-refractivity contribution in [3.63, 3.8) is 0 Å². The number of rotatable bonds is 5. The summed E-state index contributed by atoms with van der Waals surface area (Å²) in [5, 5.41) is 3.98. The van der Waals surface area contributed by atoms with E-state index in [4.69, 9.17) is 11.6 Å². The van der Waals surface area contributed by atoms with Crippen molar-refractivity contribution in [2.24, 2.45) is 0 Å². The maximum Gasteiger partial charge on any atom is 0.187 e. The molecule has 0 saturated heterocycles. The zero-order valence-electron chi connectivity index (χ0n) is 12.9. The van der Waals surface area contributed by atoms with Gasteiger partial charge >= 0.3 is 0 Å². The molecule has 0 heterocycles. The Morgan fingerprint density at radius 2 is 1.29 bits per heavy atom. The summed E-state index contributed by atoms with van der Waals surface area (Å²) in [5.41, 5.74) is 3.21. The fourth-order valence-electron chi connectivity index (χ4n) is 2.31. The molecule has 0 atom stereocenters. The van der Waals surface area contributed by atoms with Crippen LogP contribution in [0.3, 0.4) is 0 Å². The summed E-state index contributed by atoms with van der Waals surface area (Å²) in [7, 11) is 0. The summed E-state index contributed by atoms with van der Waals surface area (Å²) in [6, 6.07) is 26.4. The SMILES string of the molecule is O=C(/C=C(\Nc1ccc(Cl)cc1)c1ccccc1)c1ccccc1. The lowest BCUT2D eigenvalue weighted by atomic mass is 10.1. The van der Waals surface area contributed by atoms with Gasteiger partial charge in [0.25, 0.3) is 0 Å². The zero-order valence-corrected chi connectivity index (χ0v) is 13.7. The molecule has 3 aromatic carbocycles. The molecule has 3 aromatic rings. The fourth-order valence-corrected chi connectivity index (χ4v) is 2.44. The first kappa shape index (κ1) is 16.0. The number of carbonyl (C=O) groups excluding carboxylic acids is 1. The fraction of sp³-hybridized carbons (Fsp3) is 0. The second-order valence-corrected chi connectivity index (χ2v) is 5.72. The molecule has 24 heavy (non-hydrogen) atoms. The van der Waals surface area contributed by atoms with E-state index in [0.717, 1.165) is 16.9 Å². The monoisotopic (exact) mass is 333 g/mol. The molecule has 0 spiro atoms. The molecule has 0 radical (unpaired) electrons. The van der Waals surface area contributed by atoms with E-state index in [1.165, 1.54) is 0 Å². The minimum Gasteiger partial charge on any atom is -0.355 e. The molecule has 0 bridgehead atoms. The number of hydrogen-bond acceptors (Lipinski definition) is 2. The Bertz CT molecular complexity index is 840. The average Bonchev–Trinajstić information content (AvgIpc) is 2.64. The lowest BCUT2D eigenvalue weighted by Gasteiger charge is -2.12. The van der Waals surface area contributed by atoms with Crippen molar-refractivity contribution in [1.82, 2.24) is 0 Å². The van der Waals surface area contributed by atoms with E-state index in [-0.39, 0.29) is 5.78 Å². The Labute approximate surface area is 146 Å². The van der Waals surface area contributed by atoms with Gasteiger partial charge in [-0.1, -0.05) is 72.3 Å². The lowest BCUT2D eigenvalue weighted by molar-refractivity contribution is 0.104. The topological polar surface area (TPSA) is 29.1 Å². The van der Waals surface area contributed by atoms with E-state index < -0.39 is 0 Å². The molecule has 0 aliphatic rings. The van der Waals surface area contributed by atoms with Crippen molar-refractivity contribution < 1.29 is 4.79 Å². The molecule has 2 nitrogen and oxygen atoms in total. The Balaban J connectivity index is 1.94. The summed E-state index contributed by atoms with van der Waals surface area (Å²) in [4.78, 5) is 12.5. The number of nitrogens with one attached hydrogen (secondary N) is 1. The zero-order chi connectivity index (χ0) is 16.8. The van der Waals surface area contributed by atoms with E-state index in [9.17, 15) is 4.79 Å². The van der Waals surface area contributed by atoms with Crippen molar-refractivity contribution in [3.8, 4) is 0 Å². The molecule has 0 saturated carbocycles. The minimum absolute atomic E-state index is 0.0454. The third-order valence-electron chi connectivity index (χ3n) is 3.54. The van der Waals surface area contributed by atoms with Gasteiger partial charge in [0, 0.05) is 28.0 Å². The molecule has 0 fully saturated rings. The molecule has 118 valence electrons. The summed E-state index contributed by atoms with van der Waals surface area (Å²) >= 11 is 5.93. The number of anilines is 1. The second-order valence-electron chi connectivity index (χ2n) is 5.29. The highest BCUT2D eigenvalue weighted by molar-refractivity contribution is 6.30. The standard InChI is InChI=1S/C21H16ClNO/c22-18-11-13-19(14-12-18)23-20(16-7-3-1-4-8-16)15-21(24)17-9-5-2-6-10-17/h1-15,23H/b20-15-. The number of carbonyl (C=O) groups is 1. The van der Waals surface area contributed by atoms with Crippen LogP contribution >= 0.6 is 11.6 Å². The van der Waals surface area contributed by atoms with Crippen LogP contribution in [0, 0.1) is 0 Å². The van der Waals surface area contributed by atoms with Gasteiger partial charge in [-0.05, 0) is 29.8 Å². The van der Waals surface area contributed by atoms with Crippen LogP contribution < -0.4 is 5.32 Å². The van der Waals surface area contributed by atoms with Gasteiger partial charge in [-0.25, -0.2) is 0 Å². The highest BCUT2D eigenvalue weighted by atomic mass is 35.5. The smallest absolute Gasteiger partial charge is 0.187 e. The Morgan fingerprint density at radius 1 is 0.750 bits per heavy atom. The van der Waals surface area contributed by atoms with Crippen LogP contribution in [-0.4, -0.2) is 5.78 Å². The van der Waals surface area contributed by atoms with E-state index in [1.807, 2.05) is 84.9 Å². The molecular weight excluding hydrogens is 318 g/mol. The molecule has 0 aliphatic heterocycles. The van der Waals surface area contributed by atoms with Gasteiger partial charge in [-0.2, -0.15) is 0 Å². The van der Waals surface area contributed by atoms with Gasteiger partial charge in [0.05, 0.1) is 0 Å². The number of benzene rings is 3. The first-order valence-corrected chi connectivity index (χ1v) is 7.99. The maximum atomic E-state index is 12.5. The molecule has 0 amide bonds. The number of ketones is 1. The quantitative estimate of drug-likeness (QED) is 0.481. The van der Waals surface area contributed by atoms with Crippen molar-refractivity contribution in [3.05, 3.63) is 107 Å². The molecule has 0 aromatic heterocycles. The summed E-state index contributed by atoms with van der Waals surface area (Å²) < 4.78 is 0. The summed E-state index contributed by atoms with van der Waals surface area (Å²) in [6.45, 7) is 0. The highest BCUT2D eigenvalue weighted by Gasteiger charge is 2.07. The van der Waals surface area contributed by atoms with Crippen LogP contribution in [0.1, 0.15) is 15.9 Å². The van der Waals surface area contributed by atoms with Crippen LogP contribution in [0.25, 0.3) is 5.70 Å². The number of halogens is 1. The minimum atomic E-state index is -0.0454. The second kappa shape index (κ2) is 7.62. The third-order valence-corrected chi connectivity index (χ3v) is 3.79. The van der Waals surface area contributed by atoms with E-state index in [2.05, 4.69) is 5.32 Å². The van der Waals surface area contributed by atoms with Crippen LogP contribution in [0.4, 0.5) is 5.69 Å². The first-order chi connectivity index (χ1) is 11.7. The van der Waals surface area contributed by atoms with Crippen LogP contribution in [-0.2, 0) is 0 Å². The largest absolute Gasteiger partial charge is 0.355 e. The van der Waals surface area contributed by atoms with E-state index in [1.54, 1.807) is 6.08 Å². The van der Waals surface area contributed by atoms with Gasteiger partial charge in [-0.3, -0.25) is 4.79 Å². The lowest BCUT2D eigenvalue weighted by Crippen LogP contribution is -2.03. The van der Waals surface area contributed by atoms with Gasteiger partial charge in [0.1, 0.15) is 0 Å². The molecule has 1 N–H and O–H groups in total. The van der Waals surface area contributed by atoms with Gasteiger partial charge in [0.15, 0.2) is 5.78 Å². The maximum absolute atomic E-state index is 12.5. The van der Waals surface area contributed by atoms with Crippen molar-refractivity contribution in [2.75, 3.05) is 5.32 Å². The van der Waals surface area contributed by atoms with E-state index in [0.29, 0.717) is 10.6 Å². The molecule has 3 heteroatoms. The first-order valence-electron chi connectivity index (χ1n) is 7.61. The molecule has 0 unspecified atom stereocenters. The summed E-state index contributed by atoms with van der Waals surface area (Å²) in [6.07, 6.45) is 1.62. The van der Waals surface area contributed by atoms with E-state index >= 15 is 0 Å². The van der Waals surface area contributed by atoms with Crippen LogP contribution in [0.15, 0.2) is 91.0 Å². The molecule has 3 rings (SSSR count). The Hall–Kier alpha value is -2.84. The average molecular weight is 334 g/mol. The Kier molecular flexibility index (Phi) is 5.09. The Morgan fingerprint density at radius 3 is 1.88 bits per heavy atom. The van der Waals surface area contributed by atoms with Crippen LogP contribution in [0.5, 0.6) is 0 Å². The van der Waals surface area contributed by atoms with Crippen molar-refractivity contribution >= 4 is 28.8 Å². The van der Waals surface area contributed by atoms with Gasteiger partial charge in [-0.15, -0.1) is 0 Å². The number of allylic oxidation sites excluding steroid dienone is 1. The molecular formula is C21H16ClNO. The van der Waals surface area contributed by atoms with Gasteiger partial charge in [0.2, 0.25) is 0 Å². The predicted octanol–water partition coefficient (Wildman–Crippen LogP) is 5.68. The number of hydrogen-bond donors (Lipinski definition) is 1. The molecule has 0 aliphatic carbocycles. The normalized spacial score (nSPS) is 11.1. The third kappa shape index (κ3) is 4.12. The van der Waals surface area contributed by atoms with Crippen LogP contribution in [0.2, 0.25) is 5.02 Å². The van der Waals surface area contributed by atoms with Crippen molar-refractivity contribution in [2.45, 2.75) is 0 Å². The van der Waals surface area contributed by atoms with Gasteiger partial charge < -0.3 is 5.32 Å². The summed E-state index contributed by atoms with van der Waals surface area (Å²) in [5.74, 6) is -0.0454. The predicted molar refractivity (Wildman–Crippen MR) is 100 cm³/mol. The highest BCUT2D eigenvalue weighted by Crippen LogP contribution is 2.21.